The molecule has 0 aliphatic rings. The van der Waals surface area contributed by atoms with Gasteiger partial charge < -0.3 is 0 Å². The van der Waals surface area contributed by atoms with Crippen LogP contribution in [-0.4, -0.2) is 33.0 Å². The lowest BCUT2D eigenvalue weighted by atomic mass is 10.0. The first kappa shape index (κ1) is 20.9. The van der Waals surface area contributed by atoms with Crippen LogP contribution in [0.15, 0.2) is 59.5 Å². The van der Waals surface area contributed by atoms with Crippen molar-refractivity contribution in [1.29, 1.82) is 0 Å². The van der Waals surface area contributed by atoms with Gasteiger partial charge in [0.05, 0.1) is 4.90 Å². The number of rotatable bonds is 10. The molecule has 4 nitrogen and oxygen atoms in total. The Hall–Kier alpha value is -1.40. The molecule has 0 aromatic heterocycles. The van der Waals surface area contributed by atoms with E-state index in [-0.39, 0.29) is 10.9 Å². The highest BCUT2D eigenvalue weighted by Gasteiger charge is 2.22. The monoisotopic (exact) mass is 394 g/mol. The predicted octanol–water partition coefficient (Wildman–Crippen LogP) is 4.48. The molecule has 1 N–H and O–H groups in total. The van der Waals surface area contributed by atoms with Gasteiger partial charge in [-0.15, -0.1) is 0 Å². The molecule has 6 heteroatoms. The maximum absolute atomic E-state index is 12.6. The standard InChI is InChI=1S/C20H27ClN2O2S/c1-3-14-23(15-4-2)20(17-8-6-5-7-9-17)16-22-26(24,25)19-12-10-18(21)11-13-19/h5-13,20,22H,3-4,14-16H2,1-2H3/t20-/m1/s1. The van der Waals surface area contributed by atoms with Crippen LogP contribution in [0.1, 0.15) is 38.3 Å². The van der Waals surface area contributed by atoms with E-state index in [9.17, 15) is 8.42 Å². The molecule has 0 saturated heterocycles. The van der Waals surface area contributed by atoms with E-state index in [4.69, 9.17) is 11.6 Å². The first-order valence-electron chi connectivity index (χ1n) is 9.02. The molecule has 2 aromatic carbocycles. The van der Waals surface area contributed by atoms with Gasteiger partial charge in [-0.05, 0) is 55.8 Å². The van der Waals surface area contributed by atoms with Crippen LogP contribution in [0.2, 0.25) is 5.02 Å². The van der Waals surface area contributed by atoms with E-state index in [0.29, 0.717) is 11.6 Å². The third-order valence-corrected chi connectivity index (χ3v) is 5.93. The van der Waals surface area contributed by atoms with Gasteiger partial charge in [0.2, 0.25) is 10.0 Å². The SMILES string of the molecule is CCCN(CCC)[C@H](CNS(=O)(=O)c1ccc(Cl)cc1)c1ccccc1. The molecule has 0 heterocycles. The summed E-state index contributed by atoms with van der Waals surface area (Å²) < 4.78 is 28.1. The van der Waals surface area contributed by atoms with Crippen molar-refractivity contribution in [2.75, 3.05) is 19.6 Å². The summed E-state index contributed by atoms with van der Waals surface area (Å²) in [5.74, 6) is 0. The Kier molecular flexibility index (Phi) is 8.10. The molecule has 0 spiro atoms. The maximum Gasteiger partial charge on any atom is 0.240 e. The molecule has 0 fully saturated rings. The molecule has 1 atom stereocenters. The number of hydrogen-bond acceptors (Lipinski definition) is 3. The van der Waals surface area contributed by atoms with E-state index in [1.54, 1.807) is 12.1 Å². The fourth-order valence-electron chi connectivity index (χ4n) is 3.02. The Morgan fingerprint density at radius 1 is 0.962 bits per heavy atom. The first-order chi connectivity index (χ1) is 12.5. The molecule has 142 valence electrons. The second kappa shape index (κ2) is 10.1. The minimum Gasteiger partial charge on any atom is -0.295 e. The van der Waals surface area contributed by atoms with Crippen molar-refractivity contribution in [2.24, 2.45) is 0 Å². The molecule has 0 bridgehead atoms. The summed E-state index contributed by atoms with van der Waals surface area (Å²) in [7, 11) is -3.58. The molecular formula is C20H27ClN2O2S. The zero-order valence-corrected chi connectivity index (χ0v) is 16.9. The second-order valence-corrected chi connectivity index (χ2v) is 8.47. The van der Waals surface area contributed by atoms with Crippen LogP contribution in [0.25, 0.3) is 0 Å². The zero-order valence-electron chi connectivity index (χ0n) is 15.4. The quantitative estimate of drug-likeness (QED) is 0.646. The first-order valence-corrected chi connectivity index (χ1v) is 10.9. The minimum absolute atomic E-state index is 0.00169. The van der Waals surface area contributed by atoms with Gasteiger partial charge in [0.1, 0.15) is 0 Å². The van der Waals surface area contributed by atoms with Gasteiger partial charge in [-0.3, -0.25) is 4.90 Å². The van der Waals surface area contributed by atoms with E-state index in [1.807, 2.05) is 18.2 Å². The average Bonchev–Trinajstić information content (AvgIpc) is 2.63. The summed E-state index contributed by atoms with van der Waals surface area (Å²) >= 11 is 5.86. The van der Waals surface area contributed by atoms with Gasteiger partial charge in [-0.1, -0.05) is 55.8 Å². The van der Waals surface area contributed by atoms with Gasteiger partial charge in [0.25, 0.3) is 0 Å². The average molecular weight is 395 g/mol. The number of sulfonamides is 1. The Morgan fingerprint density at radius 2 is 1.54 bits per heavy atom. The van der Waals surface area contributed by atoms with Crippen molar-refractivity contribution in [3.63, 3.8) is 0 Å². The van der Waals surface area contributed by atoms with Crippen LogP contribution in [0.3, 0.4) is 0 Å². The molecule has 2 rings (SSSR count). The molecular weight excluding hydrogens is 368 g/mol. The molecule has 2 aromatic rings. The Bertz CT molecular complexity index is 758. The molecule has 26 heavy (non-hydrogen) atoms. The largest absolute Gasteiger partial charge is 0.295 e. The fourth-order valence-corrected chi connectivity index (χ4v) is 4.18. The molecule has 0 amide bonds. The molecule has 0 radical (unpaired) electrons. The highest BCUT2D eigenvalue weighted by Crippen LogP contribution is 2.22. The van der Waals surface area contributed by atoms with E-state index < -0.39 is 10.0 Å². The summed E-state index contributed by atoms with van der Waals surface area (Å²) in [4.78, 5) is 2.57. The zero-order chi connectivity index (χ0) is 19.0. The minimum atomic E-state index is -3.58. The van der Waals surface area contributed by atoms with Crippen LogP contribution in [0.4, 0.5) is 0 Å². The topological polar surface area (TPSA) is 49.4 Å². The molecule has 0 aliphatic heterocycles. The summed E-state index contributed by atoms with van der Waals surface area (Å²) in [5.41, 5.74) is 1.12. The van der Waals surface area contributed by atoms with Gasteiger partial charge in [-0.2, -0.15) is 0 Å². The van der Waals surface area contributed by atoms with E-state index >= 15 is 0 Å². The second-order valence-electron chi connectivity index (χ2n) is 6.27. The lowest BCUT2D eigenvalue weighted by Gasteiger charge is -2.32. The normalized spacial score (nSPS) is 13.1. The highest BCUT2D eigenvalue weighted by molar-refractivity contribution is 7.89. The van der Waals surface area contributed by atoms with Crippen LogP contribution in [0, 0.1) is 0 Å². The number of hydrogen-bond donors (Lipinski definition) is 1. The van der Waals surface area contributed by atoms with Crippen molar-refractivity contribution in [3.05, 3.63) is 65.2 Å². The maximum atomic E-state index is 12.6. The number of halogens is 1. The lowest BCUT2D eigenvalue weighted by molar-refractivity contribution is 0.198. The lowest BCUT2D eigenvalue weighted by Crippen LogP contribution is -2.39. The Balaban J connectivity index is 2.22. The van der Waals surface area contributed by atoms with Crippen LogP contribution >= 0.6 is 11.6 Å². The predicted molar refractivity (Wildman–Crippen MR) is 108 cm³/mol. The van der Waals surface area contributed by atoms with Crippen molar-refractivity contribution in [3.8, 4) is 0 Å². The summed E-state index contributed by atoms with van der Waals surface area (Å²) in [6.45, 7) is 6.46. The third kappa shape index (κ3) is 5.81. The van der Waals surface area contributed by atoms with Crippen molar-refractivity contribution in [2.45, 2.75) is 37.6 Å². The van der Waals surface area contributed by atoms with Crippen molar-refractivity contribution >= 4 is 21.6 Å². The van der Waals surface area contributed by atoms with Crippen LogP contribution < -0.4 is 4.72 Å². The summed E-state index contributed by atoms with van der Waals surface area (Å²) in [5, 5.41) is 0.517. The third-order valence-electron chi connectivity index (χ3n) is 4.24. The van der Waals surface area contributed by atoms with Gasteiger partial charge in [0, 0.05) is 17.6 Å². The number of nitrogens with zero attached hydrogens (tertiary/aromatic N) is 1. The van der Waals surface area contributed by atoms with Crippen LogP contribution in [0.5, 0.6) is 0 Å². The van der Waals surface area contributed by atoms with Crippen molar-refractivity contribution in [1.82, 2.24) is 9.62 Å². The van der Waals surface area contributed by atoms with Gasteiger partial charge in [0.15, 0.2) is 0 Å². The van der Waals surface area contributed by atoms with Crippen molar-refractivity contribution < 1.29 is 8.42 Å². The molecule has 0 saturated carbocycles. The van der Waals surface area contributed by atoms with Crippen LogP contribution in [-0.2, 0) is 10.0 Å². The Morgan fingerprint density at radius 3 is 2.08 bits per heavy atom. The van der Waals surface area contributed by atoms with Gasteiger partial charge in [-0.25, -0.2) is 13.1 Å². The number of benzene rings is 2. The van der Waals surface area contributed by atoms with E-state index in [2.05, 4.69) is 35.6 Å². The summed E-state index contributed by atoms with van der Waals surface area (Å²) in [6.07, 6.45) is 2.04. The molecule has 0 unspecified atom stereocenters. The smallest absolute Gasteiger partial charge is 0.240 e. The van der Waals surface area contributed by atoms with Gasteiger partial charge >= 0.3 is 0 Å². The highest BCUT2D eigenvalue weighted by atomic mass is 35.5. The van der Waals surface area contributed by atoms with E-state index in [0.717, 1.165) is 31.5 Å². The summed E-state index contributed by atoms with van der Waals surface area (Å²) in [6, 6.07) is 16.3. The number of nitrogens with one attached hydrogen (secondary N) is 1. The fraction of sp³-hybridized carbons (Fsp3) is 0.400. The Labute approximate surface area is 162 Å². The molecule has 0 aliphatic carbocycles. The van der Waals surface area contributed by atoms with E-state index in [1.165, 1.54) is 12.1 Å².